The lowest BCUT2D eigenvalue weighted by Crippen LogP contribution is -2.34. The van der Waals surface area contributed by atoms with Gasteiger partial charge in [-0.15, -0.1) is 0 Å². The van der Waals surface area contributed by atoms with Crippen molar-refractivity contribution in [2.45, 2.75) is 40.2 Å². The molecule has 0 aliphatic heterocycles. The maximum absolute atomic E-state index is 11.8. The second kappa shape index (κ2) is 10.2. The number of nitrogens with one attached hydrogen (secondary N) is 1. The summed E-state index contributed by atoms with van der Waals surface area (Å²) in [6, 6.07) is 15.9. The molecule has 0 fully saturated rings. The summed E-state index contributed by atoms with van der Waals surface area (Å²) in [4.78, 5) is 16.4. The maximum Gasteiger partial charge on any atom is 0.407 e. The minimum absolute atomic E-state index is 0.316. The summed E-state index contributed by atoms with van der Waals surface area (Å²) in [6.45, 7) is 10.0. The SMILES string of the molecule is Cc1cc(-c2noc(-c3cc(-c4ccccc4)n(C)n3)n2)cc(C)c1OCCNC(=O)OC(C)(C)C. The van der Waals surface area contributed by atoms with E-state index in [1.807, 2.05) is 90.2 Å². The van der Waals surface area contributed by atoms with Crippen LogP contribution in [-0.2, 0) is 11.8 Å². The van der Waals surface area contributed by atoms with E-state index in [0.717, 1.165) is 33.7 Å². The van der Waals surface area contributed by atoms with Gasteiger partial charge in [0, 0.05) is 12.6 Å². The Balaban J connectivity index is 1.44. The van der Waals surface area contributed by atoms with Gasteiger partial charge in [0.25, 0.3) is 5.89 Å². The van der Waals surface area contributed by atoms with Crippen molar-refractivity contribution in [1.82, 2.24) is 25.2 Å². The number of benzene rings is 2. The Morgan fingerprint density at radius 1 is 1.06 bits per heavy atom. The van der Waals surface area contributed by atoms with Gasteiger partial charge in [0.1, 0.15) is 18.0 Å². The zero-order valence-corrected chi connectivity index (χ0v) is 21.5. The molecule has 0 bridgehead atoms. The van der Waals surface area contributed by atoms with Gasteiger partial charge in [-0.2, -0.15) is 10.1 Å². The minimum atomic E-state index is -0.538. The number of alkyl carbamates (subject to hydrolysis) is 1. The van der Waals surface area contributed by atoms with Crippen molar-refractivity contribution in [3.63, 3.8) is 0 Å². The van der Waals surface area contributed by atoms with Gasteiger partial charge in [0.15, 0.2) is 5.69 Å². The van der Waals surface area contributed by atoms with Crippen LogP contribution >= 0.6 is 0 Å². The molecule has 9 heteroatoms. The van der Waals surface area contributed by atoms with E-state index in [1.54, 1.807) is 4.68 Å². The number of carbonyl (C=O) groups is 1. The average Bonchev–Trinajstić information content (AvgIpc) is 3.44. The van der Waals surface area contributed by atoms with Crippen molar-refractivity contribution in [2.75, 3.05) is 13.2 Å². The predicted molar refractivity (Wildman–Crippen MR) is 137 cm³/mol. The Kier molecular flexibility index (Phi) is 7.10. The molecule has 2 aromatic heterocycles. The number of aryl methyl sites for hydroxylation is 3. The van der Waals surface area contributed by atoms with E-state index in [0.29, 0.717) is 30.6 Å². The minimum Gasteiger partial charge on any atom is -0.491 e. The van der Waals surface area contributed by atoms with E-state index in [4.69, 9.17) is 14.0 Å². The third kappa shape index (κ3) is 5.91. The highest BCUT2D eigenvalue weighted by Gasteiger charge is 2.18. The highest BCUT2D eigenvalue weighted by atomic mass is 16.6. The summed E-state index contributed by atoms with van der Waals surface area (Å²) < 4.78 is 18.5. The van der Waals surface area contributed by atoms with Crippen LogP contribution in [0.5, 0.6) is 5.75 Å². The molecule has 4 rings (SSSR count). The molecule has 0 aliphatic carbocycles. The summed E-state index contributed by atoms with van der Waals surface area (Å²) in [5.74, 6) is 1.58. The molecule has 0 radical (unpaired) electrons. The first-order valence-corrected chi connectivity index (χ1v) is 11.8. The topological polar surface area (TPSA) is 104 Å². The molecule has 0 aliphatic rings. The molecule has 9 nitrogen and oxygen atoms in total. The maximum atomic E-state index is 11.8. The van der Waals surface area contributed by atoms with E-state index >= 15 is 0 Å². The molecule has 36 heavy (non-hydrogen) atoms. The standard InChI is InChI=1S/C27H31N5O4/c1-17-14-20(15-18(2)23(17)34-13-12-28-26(33)35-27(3,4)5)24-29-25(36-31-24)21-16-22(32(6)30-21)19-10-8-7-9-11-19/h7-11,14-16H,12-13H2,1-6H3,(H,28,33). The summed E-state index contributed by atoms with van der Waals surface area (Å²) in [5, 5.41) is 11.4. The number of amides is 1. The van der Waals surface area contributed by atoms with E-state index < -0.39 is 11.7 Å². The Bertz CT molecular complexity index is 1330. The summed E-state index contributed by atoms with van der Waals surface area (Å²) in [7, 11) is 1.89. The quantitative estimate of drug-likeness (QED) is 0.350. The Morgan fingerprint density at radius 2 is 1.75 bits per heavy atom. The van der Waals surface area contributed by atoms with Crippen LogP contribution in [0.1, 0.15) is 31.9 Å². The largest absolute Gasteiger partial charge is 0.491 e. The molecule has 188 valence electrons. The van der Waals surface area contributed by atoms with Crippen molar-refractivity contribution in [2.24, 2.45) is 7.05 Å². The molecular formula is C27H31N5O4. The molecule has 0 saturated heterocycles. The molecule has 0 spiro atoms. The van der Waals surface area contributed by atoms with Crippen molar-refractivity contribution >= 4 is 6.09 Å². The second-order valence-corrected chi connectivity index (χ2v) is 9.54. The number of rotatable bonds is 7. The van der Waals surface area contributed by atoms with Crippen LogP contribution in [0.15, 0.2) is 53.1 Å². The predicted octanol–water partition coefficient (Wildman–Crippen LogP) is 5.32. The monoisotopic (exact) mass is 489 g/mol. The van der Waals surface area contributed by atoms with E-state index in [-0.39, 0.29) is 0 Å². The highest BCUT2D eigenvalue weighted by molar-refractivity contribution is 5.68. The van der Waals surface area contributed by atoms with Gasteiger partial charge in [-0.3, -0.25) is 4.68 Å². The van der Waals surface area contributed by atoms with Gasteiger partial charge in [-0.05, 0) is 69.5 Å². The number of carbonyl (C=O) groups excluding carboxylic acids is 1. The summed E-state index contributed by atoms with van der Waals surface area (Å²) in [6.07, 6.45) is -0.466. The normalized spacial score (nSPS) is 11.4. The lowest BCUT2D eigenvalue weighted by atomic mass is 10.1. The molecule has 2 heterocycles. The third-order valence-electron chi connectivity index (χ3n) is 5.33. The van der Waals surface area contributed by atoms with Gasteiger partial charge in [-0.1, -0.05) is 35.5 Å². The van der Waals surface area contributed by atoms with E-state index in [2.05, 4.69) is 20.6 Å². The molecule has 1 amide bonds. The van der Waals surface area contributed by atoms with Gasteiger partial charge in [0.2, 0.25) is 5.82 Å². The Labute approximate surface area is 210 Å². The van der Waals surface area contributed by atoms with Crippen molar-refractivity contribution in [1.29, 1.82) is 0 Å². The first kappa shape index (κ1) is 25.0. The fourth-order valence-electron chi connectivity index (χ4n) is 3.82. The molecular weight excluding hydrogens is 458 g/mol. The zero-order valence-electron chi connectivity index (χ0n) is 21.5. The molecule has 0 unspecified atom stereocenters. The fourth-order valence-corrected chi connectivity index (χ4v) is 3.82. The van der Waals surface area contributed by atoms with Crippen LogP contribution in [-0.4, -0.2) is 44.8 Å². The van der Waals surface area contributed by atoms with Crippen LogP contribution < -0.4 is 10.1 Å². The molecule has 1 N–H and O–H groups in total. The molecule has 4 aromatic rings. The van der Waals surface area contributed by atoms with Crippen molar-refractivity contribution < 1.29 is 18.8 Å². The molecule has 0 saturated carbocycles. The summed E-state index contributed by atoms with van der Waals surface area (Å²) >= 11 is 0. The van der Waals surface area contributed by atoms with Crippen molar-refractivity contribution in [3.05, 3.63) is 59.7 Å². The van der Waals surface area contributed by atoms with Gasteiger partial charge in [0.05, 0.1) is 12.2 Å². The number of ether oxygens (including phenoxy) is 2. The van der Waals surface area contributed by atoms with Gasteiger partial charge < -0.3 is 19.3 Å². The second-order valence-electron chi connectivity index (χ2n) is 9.54. The first-order valence-electron chi connectivity index (χ1n) is 11.8. The van der Waals surface area contributed by atoms with Crippen LogP contribution in [0, 0.1) is 13.8 Å². The number of nitrogens with zero attached hydrogens (tertiary/aromatic N) is 4. The number of hydrogen-bond acceptors (Lipinski definition) is 7. The fraction of sp³-hybridized carbons (Fsp3) is 0.333. The van der Waals surface area contributed by atoms with Crippen LogP contribution in [0.2, 0.25) is 0 Å². The number of aromatic nitrogens is 4. The third-order valence-corrected chi connectivity index (χ3v) is 5.33. The smallest absolute Gasteiger partial charge is 0.407 e. The number of hydrogen-bond donors (Lipinski definition) is 1. The summed E-state index contributed by atoms with van der Waals surface area (Å²) in [5.41, 5.74) is 4.76. The lowest BCUT2D eigenvalue weighted by molar-refractivity contribution is 0.0520. The molecule has 0 atom stereocenters. The van der Waals surface area contributed by atoms with Crippen LogP contribution in [0.4, 0.5) is 4.79 Å². The highest BCUT2D eigenvalue weighted by Crippen LogP contribution is 2.31. The zero-order chi connectivity index (χ0) is 25.9. The van der Waals surface area contributed by atoms with Gasteiger partial charge >= 0.3 is 6.09 Å². The Hall–Kier alpha value is -4.14. The van der Waals surface area contributed by atoms with Gasteiger partial charge in [-0.25, -0.2) is 4.79 Å². The molecule has 2 aromatic carbocycles. The average molecular weight is 490 g/mol. The van der Waals surface area contributed by atoms with E-state index in [9.17, 15) is 4.79 Å². The van der Waals surface area contributed by atoms with Crippen LogP contribution in [0.3, 0.4) is 0 Å². The van der Waals surface area contributed by atoms with E-state index in [1.165, 1.54) is 0 Å². The Morgan fingerprint density at radius 3 is 2.42 bits per heavy atom. The lowest BCUT2D eigenvalue weighted by Gasteiger charge is -2.20. The first-order chi connectivity index (χ1) is 17.1. The van der Waals surface area contributed by atoms with Crippen LogP contribution in [0.25, 0.3) is 34.2 Å². The van der Waals surface area contributed by atoms with Crippen molar-refractivity contribution in [3.8, 4) is 40.0 Å².